The highest BCUT2D eigenvalue weighted by Gasteiger charge is 2.18. The molecule has 1 amide bonds. The van der Waals surface area contributed by atoms with Crippen LogP contribution in [0.5, 0.6) is 17.2 Å². The van der Waals surface area contributed by atoms with E-state index < -0.39 is 0 Å². The number of aryl methyl sites for hydroxylation is 1. The lowest BCUT2D eigenvalue weighted by Gasteiger charge is -2.18. The molecule has 0 atom stereocenters. The van der Waals surface area contributed by atoms with E-state index in [9.17, 15) is 4.79 Å². The van der Waals surface area contributed by atoms with Crippen molar-refractivity contribution >= 4 is 33.3 Å². The average Bonchev–Trinajstić information content (AvgIpc) is 3.35. The fraction of sp³-hybridized carbons (Fsp3) is 0.190. The Bertz CT molecular complexity index is 1260. The van der Waals surface area contributed by atoms with Crippen LogP contribution >= 0.6 is 11.3 Å². The van der Waals surface area contributed by atoms with Gasteiger partial charge in [0.1, 0.15) is 24.8 Å². The summed E-state index contributed by atoms with van der Waals surface area (Å²) in [7, 11) is 1.62. The molecule has 1 aliphatic heterocycles. The highest BCUT2D eigenvalue weighted by atomic mass is 32.1. The molecule has 0 spiro atoms. The molecule has 0 unspecified atom stereocenters. The van der Waals surface area contributed by atoms with Crippen molar-refractivity contribution in [3.63, 3.8) is 0 Å². The summed E-state index contributed by atoms with van der Waals surface area (Å²) in [5.74, 6) is 2.22. The zero-order valence-electron chi connectivity index (χ0n) is 16.3. The molecule has 0 saturated heterocycles. The van der Waals surface area contributed by atoms with Gasteiger partial charge in [0.25, 0.3) is 5.91 Å². The standard InChI is InChI=1S/C21H18N4O4S/c1-12-9-19(23-20(26)13-3-5-16-17(10-13)29-8-7-28-16)25(24-12)21-22-15-11-14(27-2)4-6-18(15)30-21/h3-6,9-11H,7-8H2,1-2H3,(H,23,26). The van der Waals surface area contributed by atoms with Crippen molar-refractivity contribution in [1.29, 1.82) is 0 Å². The Morgan fingerprint density at radius 2 is 1.97 bits per heavy atom. The van der Waals surface area contributed by atoms with Crippen molar-refractivity contribution < 1.29 is 19.0 Å². The smallest absolute Gasteiger partial charge is 0.256 e. The molecular formula is C21H18N4O4S. The minimum Gasteiger partial charge on any atom is -0.497 e. The average molecular weight is 422 g/mol. The normalized spacial score (nSPS) is 12.7. The molecule has 0 saturated carbocycles. The number of ether oxygens (including phenoxy) is 3. The van der Waals surface area contributed by atoms with E-state index in [4.69, 9.17) is 14.2 Å². The third kappa shape index (κ3) is 3.33. The molecule has 0 aliphatic carbocycles. The molecule has 1 N–H and O–H groups in total. The summed E-state index contributed by atoms with van der Waals surface area (Å²) >= 11 is 1.48. The van der Waals surface area contributed by atoms with Gasteiger partial charge in [-0.25, -0.2) is 4.98 Å². The van der Waals surface area contributed by atoms with Gasteiger partial charge in [-0.15, -0.1) is 0 Å². The maximum Gasteiger partial charge on any atom is 0.256 e. The van der Waals surface area contributed by atoms with Gasteiger partial charge in [-0.3, -0.25) is 4.79 Å². The van der Waals surface area contributed by atoms with E-state index in [-0.39, 0.29) is 5.91 Å². The second-order valence-corrected chi connectivity index (χ2v) is 7.73. The third-order valence-corrected chi connectivity index (χ3v) is 5.65. The van der Waals surface area contributed by atoms with Gasteiger partial charge >= 0.3 is 0 Å². The SMILES string of the molecule is COc1ccc2sc(-n3nc(C)cc3NC(=O)c3ccc4c(c3)OCCO4)nc2c1. The molecule has 4 aromatic rings. The lowest BCUT2D eigenvalue weighted by Crippen LogP contribution is -2.18. The Kier molecular flexibility index (Phi) is 4.51. The first-order valence-corrected chi connectivity index (χ1v) is 10.1. The van der Waals surface area contributed by atoms with E-state index in [1.165, 1.54) is 11.3 Å². The van der Waals surface area contributed by atoms with E-state index in [0.717, 1.165) is 21.7 Å². The monoisotopic (exact) mass is 422 g/mol. The molecule has 0 fully saturated rings. The number of anilines is 1. The number of rotatable bonds is 4. The fourth-order valence-electron chi connectivity index (χ4n) is 3.22. The van der Waals surface area contributed by atoms with Crippen LogP contribution in [0.4, 0.5) is 5.82 Å². The zero-order valence-corrected chi connectivity index (χ0v) is 17.2. The van der Waals surface area contributed by atoms with E-state index in [1.807, 2.05) is 31.2 Å². The van der Waals surface area contributed by atoms with Crippen molar-refractivity contribution in [3.05, 3.63) is 53.7 Å². The molecular weight excluding hydrogens is 404 g/mol. The zero-order chi connectivity index (χ0) is 20.7. The number of hydrogen-bond acceptors (Lipinski definition) is 7. The number of amides is 1. The molecule has 8 nitrogen and oxygen atoms in total. The summed E-state index contributed by atoms with van der Waals surface area (Å²) in [5.41, 5.74) is 2.05. The van der Waals surface area contributed by atoms with Crippen molar-refractivity contribution in [2.24, 2.45) is 0 Å². The number of fused-ring (bicyclic) bond motifs is 2. The molecule has 30 heavy (non-hydrogen) atoms. The van der Waals surface area contributed by atoms with Crippen LogP contribution in [0.1, 0.15) is 16.1 Å². The van der Waals surface area contributed by atoms with Gasteiger partial charge in [0.05, 0.1) is 23.0 Å². The number of thiazole rings is 1. The molecule has 0 radical (unpaired) electrons. The van der Waals surface area contributed by atoms with Crippen LogP contribution in [-0.2, 0) is 0 Å². The molecule has 152 valence electrons. The minimum atomic E-state index is -0.268. The maximum absolute atomic E-state index is 12.9. The van der Waals surface area contributed by atoms with Crippen LogP contribution < -0.4 is 19.5 Å². The topological polar surface area (TPSA) is 87.5 Å². The van der Waals surface area contributed by atoms with Crippen LogP contribution in [0.15, 0.2) is 42.5 Å². The summed E-state index contributed by atoms with van der Waals surface area (Å²) < 4.78 is 19.0. The number of carbonyl (C=O) groups is 1. The van der Waals surface area contributed by atoms with Crippen molar-refractivity contribution in [3.8, 4) is 22.4 Å². The largest absolute Gasteiger partial charge is 0.497 e. The summed E-state index contributed by atoms with van der Waals surface area (Å²) in [6, 6.07) is 12.7. The second kappa shape index (κ2) is 7.34. The van der Waals surface area contributed by atoms with Crippen molar-refractivity contribution in [2.45, 2.75) is 6.92 Å². The Morgan fingerprint density at radius 3 is 2.80 bits per heavy atom. The number of methoxy groups -OCH3 is 1. The highest BCUT2D eigenvalue weighted by molar-refractivity contribution is 7.20. The first-order chi connectivity index (χ1) is 14.6. The third-order valence-electron chi connectivity index (χ3n) is 4.64. The number of nitrogens with one attached hydrogen (secondary N) is 1. The van der Waals surface area contributed by atoms with Crippen LogP contribution in [-0.4, -0.2) is 41.0 Å². The quantitative estimate of drug-likeness (QED) is 0.538. The van der Waals surface area contributed by atoms with Crippen LogP contribution in [0.25, 0.3) is 15.3 Å². The van der Waals surface area contributed by atoms with Gasteiger partial charge in [0, 0.05) is 17.7 Å². The molecule has 5 rings (SSSR count). The number of nitrogens with zero attached hydrogens (tertiary/aromatic N) is 3. The lowest BCUT2D eigenvalue weighted by molar-refractivity contribution is 0.102. The fourth-order valence-corrected chi connectivity index (χ4v) is 4.13. The predicted octanol–water partition coefficient (Wildman–Crippen LogP) is 3.82. The summed E-state index contributed by atoms with van der Waals surface area (Å²) in [6.45, 7) is 2.84. The number of hydrogen-bond donors (Lipinski definition) is 1. The first-order valence-electron chi connectivity index (χ1n) is 9.33. The minimum absolute atomic E-state index is 0.268. The van der Waals surface area contributed by atoms with Crippen molar-refractivity contribution in [2.75, 3.05) is 25.6 Å². The number of benzene rings is 2. The van der Waals surface area contributed by atoms with Gasteiger partial charge in [0.15, 0.2) is 11.5 Å². The molecule has 9 heteroatoms. The molecule has 3 heterocycles. The van der Waals surface area contributed by atoms with Gasteiger partial charge in [-0.05, 0) is 37.3 Å². The van der Waals surface area contributed by atoms with Crippen molar-refractivity contribution in [1.82, 2.24) is 14.8 Å². The lowest BCUT2D eigenvalue weighted by atomic mass is 10.2. The highest BCUT2D eigenvalue weighted by Crippen LogP contribution is 2.32. The predicted molar refractivity (Wildman–Crippen MR) is 113 cm³/mol. The summed E-state index contributed by atoms with van der Waals surface area (Å²) in [6.07, 6.45) is 0. The Labute approximate surface area is 176 Å². The first kappa shape index (κ1) is 18.4. The molecule has 2 aromatic heterocycles. The van der Waals surface area contributed by atoms with Crippen LogP contribution in [0.3, 0.4) is 0 Å². The van der Waals surface area contributed by atoms with Gasteiger partial charge in [0.2, 0.25) is 5.13 Å². The van der Waals surface area contributed by atoms with Gasteiger partial charge in [-0.2, -0.15) is 9.78 Å². The van der Waals surface area contributed by atoms with Crippen LogP contribution in [0, 0.1) is 6.92 Å². The number of aromatic nitrogens is 3. The van der Waals surface area contributed by atoms with Gasteiger partial charge in [-0.1, -0.05) is 11.3 Å². The van der Waals surface area contributed by atoms with E-state index in [2.05, 4.69) is 15.4 Å². The maximum atomic E-state index is 12.9. The second-order valence-electron chi connectivity index (χ2n) is 6.73. The summed E-state index contributed by atoms with van der Waals surface area (Å²) in [4.78, 5) is 17.5. The summed E-state index contributed by atoms with van der Waals surface area (Å²) in [5, 5.41) is 8.09. The Morgan fingerprint density at radius 1 is 1.13 bits per heavy atom. The Hall–Kier alpha value is -3.59. The number of carbonyl (C=O) groups excluding carboxylic acids is 1. The van der Waals surface area contributed by atoms with Gasteiger partial charge < -0.3 is 19.5 Å². The Balaban J connectivity index is 1.46. The van der Waals surface area contributed by atoms with Crippen LogP contribution in [0.2, 0.25) is 0 Å². The van der Waals surface area contributed by atoms with E-state index in [0.29, 0.717) is 41.2 Å². The molecule has 1 aliphatic rings. The molecule has 2 aromatic carbocycles. The van der Waals surface area contributed by atoms with E-state index >= 15 is 0 Å². The van der Waals surface area contributed by atoms with E-state index in [1.54, 1.807) is 30.0 Å². The molecule has 0 bridgehead atoms.